The van der Waals surface area contributed by atoms with Gasteiger partial charge in [0.25, 0.3) is 0 Å². The van der Waals surface area contributed by atoms with Gasteiger partial charge in [0.1, 0.15) is 0 Å². The Morgan fingerprint density at radius 3 is 2.14 bits per heavy atom. The monoisotopic (exact) mass is 99.1 g/mol. The summed E-state index contributed by atoms with van der Waals surface area (Å²) in [5, 5.41) is 0. The Morgan fingerprint density at radius 1 is 1.43 bits per heavy atom. The molecule has 0 aromatic carbocycles. The van der Waals surface area contributed by atoms with Gasteiger partial charge in [-0.05, 0) is 20.3 Å². The van der Waals surface area contributed by atoms with E-state index < -0.39 is 0 Å². The number of aliphatic imine (C=N–C) groups is 1. The standard InChI is InChI=1S/C6H13N/c1-4-6(3)7-5-2/h4-5H2,1-3H3. The first-order valence-electron chi connectivity index (χ1n) is 2.81. The third-order valence-corrected chi connectivity index (χ3v) is 0.940. The second kappa shape index (κ2) is 3.85. The van der Waals surface area contributed by atoms with E-state index in [1.54, 1.807) is 0 Å². The Balaban J connectivity index is 3.29. The van der Waals surface area contributed by atoms with E-state index in [4.69, 9.17) is 0 Å². The Hall–Kier alpha value is -0.330. The Labute approximate surface area is 45.5 Å². The molecule has 0 N–H and O–H groups in total. The predicted molar refractivity (Wildman–Crippen MR) is 33.9 cm³/mol. The van der Waals surface area contributed by atoms with Crippen LogP contribution in [0.3, 0.4) is 0 Å². The lowest BCUT2D eigenvalue weighted by Crippen LogP contribution is -1.86. The van der Waals surface area contributed by atoms with Gasteiger partial charge in [0.15, 0.2) is 0 Å². The van der Waals surface area contributed by atoms with E-state index >= 15 is 0 Å². The molecule has 0 spiro atoms. The molecule has 0 aliphatic rings. The Bertz CT molecular complexity index is 64.6. The van der Waals surface area contributed by atoms with Crippen LogP contribution in [0.4, 0.5) is 0 Å². The van der Waals surface area contributed by atoms with Crippen molar-refractivity contribution in [3.05, 3.63) is 0 Å². The van der Waals surface area contributed by atoms with Crippen LogP contribution >= 0.6 is 0 Å². The highest BCUT2D eigenvalue weighted by Gasteiger charge is 1.78. The molecular weight excluding hydrogens is 86.1 g/mol. The van der Waals surface area contributed by atoms with E-state index in [0.29, 0.717) is 0 Å². The summed E-state index contributed by atoms with van der Waals surface area (Å²) in [6, 6.07) is 0. The smallest absolute Gasteiger partial charge is 0.0360 e. The summed E-state index contributed by atoms with van der Waals surface area (Å²) >= 11 is 0. The van der Waals surface area contributed by atoms with Crippen molar-refractivity contribution in [1.82, 2.24) is 0 Å². The molecule has 0 aliphatic heterocycles. The van der Waals surface area contributed by atoms with Gasteiger partial charge in [0.05, 0.1) is 0 Å². The molecule has 7 heavy (non-hydrogen) atoms. The molecule has 0 aliphatic carbocycles. The van der Waals surface area contributed by atoms with Gasteiger partial charge in [-0.15, -0.1) is 0 Å². The first-order chi connectivity index (χ1) is 3.31. The molecule has 0 rings (SSSR count). The maximum Gasteiger partial charge on any atom is 0.0360 e. The maximum absolute atomic E-state index is 4.16. The molecule has 0 aromatic heterocycles. The fraction of sp³-hybridized carbons (Fsp3) is 0.833. The normalized spacial score (nSPS) is 12.1. The highest BCUT2D eigenvalue weighted by atomic mass is 14.7. The van der Waals surface area contributed by atoms with Gasteiger partial charge >= 0.3 is 0 Å². The van der Waals surface area contributed by atoms with E-state index in [9.17, 15) is 0 Å². The molecule has 0 heterocycles. The fourth-order valence-corrected chi connectivity index (χ4v) is 0.382. The van der Waals surface area contributed by atoms with Crippen molar-refractivity contribution in [2.24, 2.45) is 4.99 Å². The van der Waals surface area contributed by atoms with E-state index in [2.05, 4.69) is 25.8 Å². The van der Waals surface area contributed by atoms with Gasteiger partial charge in [-0.2, -0.15) is 0 Å². The molecule has 0 atom stereocenters. The van der Waals surface area contributed by atoms with Gasteiger partial charge in [-0.3, -0.25) is 4.99 Å². The predicted octanol–water partition coefficient (Wildman–Crippen LogP) is 1.88. The summed E-state index contributed by atoms with van der Waals surface area (Å²) in [4.78, 5) is 4.16. The maximum atomic E-state index is 4.16. The van der Waals surface area contributed by atoms with Crippen molar-refractivity contribution in [3.8, 4) is 0 Å². The summed E-state index contributed by atoms with van der Waals surface area (Å²) in [6.07, 6.45) is 1.09. The summed E-state index contributed by atoms with van der Waals surface area (Å²) in [5.74, 6) is 0. The Morgan fingerprint density at radius 2 is 2.00 bits per heavy atom. The van der Waals surface area contributed by atoms with Gasteiger partial charge in [0, 0.05) is 12.3 Å². The minimum atomic E-state index is 0.930. The molecule has 0 bridgehead atoms. The molecule has 0 saturated carbocycles. The van der Waals surface area contributed by atoms with Crippen LogP contribution in [0.2, 0.25) is 0 Å². The molecule has 42 valence electrons. The number of nitrogens with zero attached hydrogens (tertiary/aromatic N) is 1. The second-order valence-corrected chi connectivity index (χ2v) is 1.56. The zero-order valence-electron chi connectivity index (χ0n) is 5.36. The van der Waals surface area contributed by atoms with Crippen LogP contribution < -0.4 is 0 Å². The lowest BCUT2D eigenvalue weighted by Gasteiger charge is -1.88. The van der Waals surface area contributed by atoms with E-state index in [1.165, 1.54) is 5.71 Å². The molecule has 1 nitrogen and oxygen atoms in total. The number of hydrogen-bond acceptors (Lipinski definition) is 1. The summed E-state index contributed by atoms with van der Waals surface area (Å²) in [5.41, 5.74) is 1.25. The third kappa shape index (κ3) is 3.50. The zero-order chi connectivity index (χ0) is 5.70. The van der Waals surface area contributed by atoms with Crippen LogP contribution in [-0.2, 0) is 0 Å². The highest BCUT2D eigenvalue weighted by Crippen LogP contribution is 1.81. The lowest BCUT2D eigenvalue weighted by atomic mass is 10.3. The van der Waals surface area contributed by atoms with Crippen LogP contribution in [0.25, 0.3) is 0 Å². The van der Waals surface area contributed by atoms with Gasteiger partial charge < -0.3 is 0 Å². The summed E-state index contributed by atoms with van der Waals surface area (Å²) in [7, 11) is 0. The molecule has 0 aromatic rings. The first-order valence-corrected chi connectivity index (χ1v) is 2.81. The van der Waals surface area contributed by atoms with Crippen molar-refractivity contribution < 1.29 is 0 Å². The van der Waals surface area contributed by atoms with Gasteiger partial charge in [0.2, 0.25) is 0 Å². The molecule has 0 fully saturated rings. The van der Waals surface area contributed by atoms with Crippen LogP contribution in [0.5, 0.6) is 0 Å². The molecule has 0 amide bonds. The molecular formula is C6H13N. The van der Waals surface area contributed by atoms with Gasteiger partial charge in [-0.1, -0.05) is 6.92 Å². The number of rotatable bonds is 2. The summed E-state index contributed by atoms with van der Waals surface area (Å²) in [6.45, 7) is 7.16. The quantitative estimate of drug-likeness (QED) is 0.469. The average molecular weight is 99.2 g/mol. The van der Waals surface area contributed by atoms with Crippen molar-refractivity contribution >= 4 is 5.71 Å². The average Bonchev–Trinajstić information content (AvgIpc) is 1.68. The first kappa shape index (κ1) is 6.67. The Kier molecular flexibility index (Phi) is 3.67. The van der Waals surface area contributed by atoms with E-state index in [0.717, 1.165) is 13.0 Å². The molecule has 0 saturated heterocycles. The molecule has 0 radical (unpaired) electrons. The minimum Gasteiger partial charge on any atom is -0.295 e. The third-order valence-electron chi connectivity index (χ3n) is 0.940. The zero-order valence-corrected chi connectivity index (χ0v) is 5.36. The molecule has 1 heteroatoms. The van der Waals surface area contributed by atoms with E-state index in [-0.39, 0.29) is 0 Å². The van der Waals surface area contributed by atoms with Crippen LogP contribution in [0.15, 0.2) is 4.99 Å². The summed E-state index contributed by atoms with van der Waals surface area (Å²) < 4.78 is 0. The largest absolute Gasteiger partial charge is 0.295 e. The van der Waals surface area contributed by atoms with Crippen molar-refractivity contribution in [2.45, 2.75) is 27.2 Å². The van der Waals surface area contributed by atoms with Crippen molar-refractivity contribution in [3.63, 3.8) is 0 Å². The van der Waals surface area contributed by atoms with Gasteiger partial charge in [-0.25, -0.2) is 0 Å². The topological polar surface area (TPSA) is 12.4 Å². The highest BCUT2D eigenvalue weighted by molar-refractivity contribution is 5.81. The molecule has 0 unspecified atom stereocenters. The minimum absolute atomic E-state index is 0.930. The second-order valence-electron chi connectivity index (χ2n) is 1.56. The van der Waals surface area contributed by atoms with Crippen LogP contribution in [0.1, 0.15) is 27.2 Å². The van der Waals surface area contributed by atoms with Crippen LogP contribution in [-0.4, -0.2) is 12.3 Å². The fourth-order valence-electron chi connectivity index (χ4n) is 0.382. The van der Waals surface area contributed by atoms with Crippen molar-refractivity contribution in [2.75, 3.05) is 6.54 Å². The van der Waals surface area contributed by atoms with Crippen LogP contribution in [0, 0.1) is 0 Å². The van der Waals surface area contributed by atoms with E-state index in [1.807, 2.05) is 0 Å². The van der Waals surface area contributed by atoms with Crippen molar-refractivity contribution in [1.29, 1.82) is 0 Å². The number of hydrogen-bond donors (Lipinski definition) is 0. The lowest BCUT2D eigenvalue weighted by molar-refractivity contribution is 1.09. The SMILES string of the molecule is CCN=C(C)CC.